The van der Waals surface area contributed by atoms with Crippen molar-refractivity contribution in [3.63, 3.8) is 0 Å². The summed E-state index contributed by atoms with van der Waals surface area (Å²) >= 11 is 8.80. The average Bonchev–Trinajstić information content (AvgIpc) is 3.71. The minimum atomic E-state index is -4.97. The summed E-state index contributed by atoms with van der Waals surface area (Å²) in [5, 5.41) is -0.184. The third-order valence-corrected chi connectivity index (χ3v) is 16.0. The standard InChI is InChI=1S/C15H16INO4.C14H14INO4.C13H12INO7S.C13H12INO4.Na/c1-10-9-13(18)17(15(10)20)21-14(19)4-2-3-11-5-7-12(16)8-6-11;15-11-6-4-10(5-7-11)2-1-3-14(19)20-16-12(17)8-9-13(16)18;14-9-4-1-8(2-5-9)3-6-12(17)22-15-11(16)7-10(13(15)18)23(19,20)21;14-10-4-1-9(2-5-10)3-8-13(18)19-15-11(16)6-7-12(15)17;/h5-8,10H,2-4,9H2,1H3;4-7H,1-3,8-9H2;1-2,4-5,10H,3,6-7H2,(H,19,20,21);1-2,4-5H,3,6-8H2;/q;;;;+1/p-1/i16-4;15-4;2*14-4;. The summed E-state index contributed by atoms with van der Waals surface area (Å²) in [5.74, 6) is -7.95. The van der Waals surface area contributed by atoms with E-state index in [0.29, 0.717) is 40.9 Å². The maximum Gasteiger partial charge on any atom is 1.00 e. The predicted molar refractivity (Wildman–Crippen MR) is 321 cm³/mol. The summed E-state index contributed by atoms with van der Waals surface area (Å²) in [4.78, 5) is 157. The van der Waals surface area contributed by atoms with Crippen molar-refractivity contribution in [3.8, 4) is 0 Å². The number of nitrogens with zero attached hydrogens (tertiary/aromatic N) is 4. The van der Waals surface area contributed by atoms with Crippen LogP contribution in [0.1, 0.15) is 106 Å². The second-order valence-electron chi connectivity index (χ2n) is 18.6. The summed E-state index contributed by atoms with van der Waals surface area (Å²) in [6.45, 7) is 1.64. The number of amides is 8. The molecule has 29 heteroatoms. The third-order valence-electron chi connectivity index (χ3n) is 12.1. The molecule has 0 spiro atoms. The van der Waals surface area contributed by atoms with Crippen LogP contribution in [0.3, 0.4) is 0 Å². The van der Waals surface area contributed by atoms with Gasteiger partial charge in [0.15, 0.2) is 0 Å². The summed E-state index contributed by atoms with van der Waals surface area (Å²) in [6.07, 6.45) is 3.75. The molecule has 0 saturated carbocycles. The minimum Gasteiger partial charge on any atom is -0.747 e. The molecule has 4 fully saturated rings. The van der Waals surface area contributed by atoms with Crippen LogP contribution >= 0.6 is 90.4 Å². The number of halogens is 4. The first-order chi connectivity index (χ1) is 39.3. The first-order valence-corrected chi connectivity index (χ1v) is 31.3. The molecule has 0 aromatic heterocycles. The van der Waals surface area contributed by atoms with Gasteiger partial charge in [0.1, 0.15) is 15.4 Å². The Morgan fingerprint density at radius 1 is 0.429 bits per heavy atom. The quantitative estimate of drug-likeness (QED) is 0.0556. The molecule has 4 heterocycles. The van der Waals surface area contributed by atoms with Crippen LogP contribution in [0.25, 0.3) is 0 Å². The Hall–Kier alpha value is -4.85. The summed E-state index contributed by atoms with van der Waals surface area (Å²) in [7, 11) is -4.97. The molecule has 23 nitrogen and oxygen atoms in total. The fourth-order valence-electron chi connectivity index (χ4n) is 7.63. The molecule has 2 atom stereocenters. The molecule has 8 amide bonds. The maximum absolute atomic E-state index is 11.7. The smallest absolute Gasteiger partial charge is 0.747 e. The van der Waals surface area contributed by atoms with Gasteiger partial charge in [0.05, 0.1) is 19.3 Å². The summed E-state index contributed by atoms with van der Waals surface area (Å²) in [5.41, 5.74) is 4.16. The van der Waals surface area contributed by atoms with Crippen LogP contribution in [0.5, 0.6) is 0 Å². The van der Waals surface area contributed by atoms with Crippen molar-refractivity contribution in [3.05, 3.63) is 134 Å². The molecule has 0 N–H and O–H groups in total. The van der Waals surface area contributed by atoms with Gasteiger partial charge in [0.2, 0.25) is 0 Å². The molecular weight excluding hydrogens is 1570 g/mol. The van der Waals surface area contributed by atoms with E-state index in [1.54, 1.807) is 6.92 Å². The van der Waals surface area contributed by atoms with E-state index in [0.717, 1.165) is 49.4 Å². The van der Waals surface area contributed by atoms with Gasteiger partial charge in [0.25, 0.3) is 47.3 Å². The monoisotopic (exact) mass is 1620 g/mol. The van der Waals surface area contributed by atoms with Gasteiger partial charge in [-0.25, -0.2) is 27.6 Å². The number of benzene rings is 4. The van der Waals surface area contributed by atoms with E-state index in [9.17, 15) is 70.5 Å². The SMILES string of the molecule is CC1CC(=O)N(OC(=O)CCCc2ccc([123I])cc2)C1=O.O=C(CCCc1ccc([123I])cc1)ON1C(=O)CCC1=O.O=C(CCc1ccc([123I])cc1)ON1C(=O)CC(S(=O)(=O)[O-])C1=O.O=C(CCc1ccc([123I])cc1)ON1C(=O)CCC1=O.[Na+]. The van der Waals surface area contributed by atoms with Gasteiger partial charge >= 0.3 is 53.4 Å². The summed E-state index contributed by atoms with van der Waals surface area (Å²) in [6, 6.07) is 31.2. The van der Waals surface area contributed by atoms with E-state index >= 15 is 0 Å². The van der Waals surface area contributed by atoms with Crippen molar-refractivity contribution < 1.29 is 119 Å². The van der Waals surface area contributed by atoms with Crippen molar-refractivity contribution >= 4 is 172 Å². The van der Waals surface area contributed by atoms with Crippen LogP contribution in [-0.4, -0.2) is 110 Å². The van der Waals surface area contributed by atoms with Crippen LogP contribution in [0.2, 0.25) is 0 Å². The van der Waals surface area contributed by atoms with Gasteiger partial charge in [0, 0.05) is 65.1 Å². The van der Waals surface area contributed by atoms with Gasteiger partial charge in [-0.1, -0.05) is 55.5 Å². The number of aryl methyl sites for hydroxylation is 4. The van der Waals surface area contributed by atoms with Gasteiger partial charge in [-0.3, -0.25) is 38.4 Å². The molecule has 8 rings (SSSR count). The van der Waals surface area contributed by atoms with E-state index < -0.39 is 98.8 Å². The normalized spacial score (nSPS) is 16.5. The van der Waals surface area contributed by atoms with E-state index in [1.807, 2.05) is 97.1 Å². The number of hydrogen-bond donors (Lipinski definition) is 0. The van der Waals surface area contributed by atoms with Gasteiger partial charge in [-0.2, -0.15) is 0 Å². The first-order valence-electron chi connectivity index (χ1n) is 25.5. The molecule has 4 aromatic carbocycles. The van der Waals surface area contributed by atoms with E-state index in [1.165, 1.54) is 0 Å². The fraction of sp³-hybridized carbons (Fsp3) is 0.345. The maximum atomic E-state index is 11.7. The molecule has 2 unspecified atom stereocenters. The first kappa shape index (κ1) is 71.6. The molecule has 84 heavy (non-hydrogen) atoms. The van der Waals surface area contributed by atoms with Crippen LogP contribution in [0.4, 0.5) is 0 Å². The Morgan fingerprint density at radius 2 is 0.702 bits per heavy atom. The van der Waals surface area contributed by atoms with Gasteiger partial charge in [-0.15, -0.1) is 20.3 Å². The Morgan fingerprint density at radius 3 is 0.988 bits per heavy atom. The predicted octanol–water partition coefficient (Wildman–Crippen LogP) is 3.88. The van der Waals surface area contributed by atoms with Crippen LogP contribution in [0.15, 0.2) is 97.1 Å². The molecule has 4 aromatic rings. The largest absolute Gasteiger partial charge is 1.00 e. The van der Waals surface area contributed by atoms with Crippen LogP contribution < -0.4 is 29.6 Å². The number of carbonyl (C=O) groups excluding carboxylic acids is 12. The number of hydrogen-bond acceptors (Lipinski definition) is 19. The van der Waals surface area contributed by atoms with Crippen molar-refractivity contribution in [1.82, 2.24) is 20.3 Å². The Balaban J connectivity index is 0.000000240. The van der Waals surface area contributed by atoms with Crippen LogP contribution in [-0.2, 0) is 113 Å². The molecule has 4 saturated heterocycles. The van der Waals surface area contributed by atoms with Crippen LogP contribution in [0, 0.1) is 20.2 Å². The van der Waals surface area contributed by atoms with Gasteiger partial charge < -0.3 is 23.9 Å². The van der Waals surface area contributed by atoms with Crippen molar-refractivity contribution in [1.29, 1.82) is 0 Å². The van der Waals surface area contributed by atoms with Crippen molar-refractivity contribution in [2.24, 2.45) is 5.92 Å². The van der Waals surface area contributed by atoms with E-state index in [4.69, 9.17) is 14.5 Å². The summed E-state index contributed by atoms with van der Waals surface area (Å²) < 4.78 is 37.1. The fourth-order valence-corrected chi connectivity index (χ4v) is 9.76. The molecular formula is C55H53I4N4NaO19S. The molecule has 442 valence electrons. The topological polar surface area (TPSA) is 312 Å². The number of hydroxylamine groups is 8. The van der Waals surface area contributed by atoms with E-state index in [-0.39, 0.29) is 92.4 Å². The van der Waals surface area contributed by atoms with Crippen molar-refractivity contribution in [2.75, 3.05) is 0 Å². The molecule has 0 aliphatic carbocycles. The third kappa shape index (κ3) is 23.8. The molecule has 0 bridgehead atoms. The van der Waals surface area contributed by atoms with Crippen molar-refractivity contribution in [2.45, 2.75) is 115 Å². The number of rotatable bonds is 19. The molecule has 4 aliphatic heterocycles. The Labute approximate surface area is 559 Å². The number of imide groups is 4. The molecule has 0 radical (unpaired) electrons. The zero-order chi connectivity index (χ0) is 61.0. The second-order valence-corrected chi connectivity index (χ2v) is 25.1. The Kier molecular flexibility index (Phi) is 29.9. The molecule has 4 aliphatic rings. The van der Waals surface area contributed by atoms with E-state index in [2.05, 4.69) is 95.2 Å². The second kappa shape index (κ2) is 35.1. The number of carbonyl (C=O) groups is 12. The zero-order valence-corrected chi connectivity index (χ0v) is 56.6. The Bertz CT molecular complexity index is 3160. The zero-order valence-electron chi connectivity index (χ0n) is 45.2. The average molecular weight is 1620 g/mol. The minimum absolute atomic E-state index is 0. The van der Waals surface area contributed by atoms with Gasteiger partial charge in [-0.05, 0) is 200 Å².